The van der Waals surface area contributed by atoms with Crippen LogP contribution in [0.1, 0.15) is 90.5 Å². The summed E-state index contributed by atoms with van der Waals surface area (Å²) < 4.78 is 0. The molecule has 0 unspecified atom stereocenters. The second-order valence-corrected chi connectivity index (χ2v) is 13.3. The number of anilines is 1. The van der Waals surface area contributed by atoms with E-state index in [2.05, 4.69) is 68.7 Å². The van der Waals surface area contributed by atoms with Crippen molar-refractivity contribution in [1.82, 2.24) is 0 Å². The number of carbonyl (C=O) groups is 1. The average molecular weight is 484 g/mol. The molecule has 1 aromatic carbocycles. The molecule has 0 aromatic heterocycles. The van der Waals surface area contributed by atoms with E-state index < -0.39 is 5.60 Å². The topological polar surface area (TPSA) is 40.5 Å². The Morgan fingerprint density at radius 2 is 1.81 bits per heavy atom. The minimum absolute atomic E-state index is 0.128. The van der Waals surface area contributed by atoms with E-state index in [4.69, 9.17) is 0 Å². The molecule has 5 aliphatic rings. The molecular weight excluding hydrogens is 442 g/mol. The van der Waals surface area contributed by atoms with Crippen LogP contribution in [0.2, 0.25) is 0 Å². The van der Waals surface area contributed by atoms with Crippen molar-refractivity contribution in [2.45, 2.75) is 90.6 Å². The van der Waals surface area contributed by atoms with Gasteiger partial charge in [0.15, 0.2) is 5.78 Å². The third-order valence-electron chi connectivity index (χ3n) is 10.0. The molecule has 0 bridgehead atoms. The third-order valence-corrected chi connectivity index (χ3v) is 10.0. The van der Waals surface area contributed by atoms with Gasteiger partial charge in [-0.15, -0.1) is 0 Å². The maximum atomic E-state index is 12.3. The zero-order valence-electron chi connectivity index (χ0n) is 22.5. The quantitative estimate of drug-likeness (QED) is 0.483. The van der Waals surface area contributed by atoms with Crippen molar-refractivity contribution in [1.29, 1.82) is 0 Å². The Balaban J connectivity index is 1.46. The van der Waals surface area contributed by atoms with Crippen molar-refractivity contribution in [2.75, 3.05) is 18.0 Å². The molecular formula is C33H41NO2. The molecule has 0 radical (unpaired) electrons. The van der Waals surface area contributed by atoms with Crippen LogP contribution in [0.4, 0.5) is 5.69 Å². The van der Waals surface area contributed by atoms with Crippen LogP contribution in [0.5, 0.6) is 0 Å². The van der Waals surface area contributed by atoms with Gasteiger partial charge in [-0.05, 0) is 112 Å². The molecule has 6 rings (SSSR count). The summed E-state index contributed by atoms with van der Waals surface area (Å²) in [7, 11) is 0. The maximum Gasteiger partial charge on any atom is 0.156 e. The maximum absolute atomic E-state index is 12.3. The van der Waals surface area contributed by atoms with Gasteiger partial charge in [-0.3, -0.25) is 4.79 Å². The predicted molar refractivity (Wildman–Crippen MR) is 146 cm³/mol. The van der Waals surface area contributed by atoms with Crippen LogP contribution in [0, 0.1) is 34.5 Å². The van der Waals surface area contributed by atoms with Gasteiger partial charge in [-0.2, -0.15) is 0 Å². The number of allylic oxidation sites excluding steroid dienone is 4. The van der Waals surface area contributed by atoms with Gasteiger partial charge >= 0.3 is 0 Å². The van der Waals surface area contributed by atoms with E-state index in [9.17, 15) is 9.90 Å². The van der Waals surface area contributed by atoms with Crippen LogP contribution in [0.25, 0.3) is 0 Å². The molecule has 1 N–H and O–H groups in total. The molecule has 0 amide bonds. The number of ketones is 1. The molecule has 3 fully saturated rings. The van der Waals surface area contributed by atoms with Crippen LogP contribution in [-0.2, 0) is 4.79 Å². The zero-order valence-corrected chi connectivity index (χ0v) is 22.5. The minimum Gasteiger partial charge on any atom is -0.377 e. The number of carbonyl (C=O) groups excluding carboxylic acids is 1. The number of hydrogen-bond donors (Lipinski definition) is 1. The summed E-state index contributed by atoms with van der Waals surface area (Å²) in [4.78, 5) is 14.7. The van der Waals surface area contributed by atoms with Gasteiger partial charge in [0.05, 0.1) is 0 Å². The first-order valence-electron chi connectivity index (χ1n) is 14.2. The van der Waals surface area contributed by atoms with E-state index >= 15 is 0 Å². The van der Waals surface area contributed by atoms with Crippen molar-refractivity contribution >= 4 is 11.5 Å². The van der Waals surface area contributed by atoms with Crippen LogP contribution >= 0.6 is 0 Å². The minimum atomic E-state index is -0.949. The molecule has 190 valence electrons. The summed E-state index contributed by atoms with van der Waals surface area (Å²) >= 11 is 0. The van der Waals surface area contributed by atoms with Crippen molar-refractivity contribution in [3.05, 3.63) is 52.6 Å². The molecule has 1 saturated heterocycles. The highest BCUT2D eigenvalue weighted by molar-refractivity contribution is 5.93. The predicted octanol–water partition coefficient (Wildman–Crippen LogP) is 6.58. The standard InChI is InChI=1S/C33H41NO2/c1-31(2,3)16-17-33(36)15-14-29-27-12-8-23-20-25(35)11-13-26(23)30(27)28(21-32(29,33)4)22-6-9-24(10-7-22)34-18-5-19-34/h6-7,9-10,20,27-29,36H,5,8,11-15,18-19,21H2,1-4H3/t27-,28+,29-,32-,33+/m0/s1. The summed E-state index contributed by atoms with van der Waals surface area (Å²) in [6.07, 6.45) is 9.55. The van der Waals surface area contributed by atoms with Gasteiger partial charge in [-0.25, -0.2) is 0 Å². The fourth-order valence-electron chi connectivity index (χ4n) is 7.95. The Bertz CT molecular complexity index is 1200. The second-order valence-electron chi connectivity index (χ2n) is 13.3. The number of aliphatic hydroxyl groups is 1. The van der Waals surface area contributed by atoms with Crippen molar-refractivity contribution < 1.29 is 9.90 Å². The lowest BCUT2D eigenvalue weighted by molar-refractivity contribution is -0.114. The molecule has 1 aliphatic heterocycles. The molecule has 1 heterocycles. The summed E-state index contributed by atoms with van der Waals surface area (Å²) in [6, 6.07) is 9.28. The van der Waals surface area contributed by atoms with E-state index in [0.717, 1.165) is 51.6 Å². The van der Waals surface area contributed by atoms with Gasteiger partial charge in [0.25, 0.3) is 0 Å². The largest absolute Gasteiger partial charge is 0.377 e. The number of fused-ring (bicyclic) bond motifs is 4. The van der Waals surface area contributed by atoms with Crippen molar-refractivity contribution in [3.8, 4) is 11.8 Å². The fourth-order valence-corrected chi connectivity index (χ4v) is 7.95. The lowest BCUT2D eigenvalue weighted by Gasteiger charge is -2.53. The van der Waals surface area contributed by atoms with Gasteiger partial charge < -0.3 is 10.0 Å². The smallest absolute Gasteiger partial charge is 0.156 e. The van der Waals surface area contributed by atoms with Crippen LogP contribution in [0.3, 0.4) is 0 Å². The van der Waals surface area contributed by atoms with Gasteiger partial charge in [0.1, 0.15) is 5.60 Å². The fraction of sp³-hybridized carbons (Fsp3) is 0.606. The first-order chi connectivity index (χ1) is 17.1. The lowest BCUT2D eigenvalue weighted by atomic mass is 9.51. The summed E-state index contributed by atoms with van der Waals surface area (Å²) in [5, 5.41) is 12.1. The van der Waals surface area contributed by atoms with Crippen molar-refractivity contribution in [3.63, 3.8) is 0 Å². The molecule has 0 spiro atoms. The summed E-state index contributed by atoms with van der Waals surface area (Å²) in [6.45, 7) is 11.0. The summed E-state index contributed by atoms with van der Waals surface area (Å²) in [5.74, 6) is 8.31. The number of rotatable bonds is 2. The molecule has 2 saturated carbocycles. The highest BCUT2D eigenvalue weighted by Gasteiger charge is 2.62. The van der Waals surface area contributed by atoms with Crippen LogP contribution < -0.4 is 4.90 Å². The Morgan fingerprint density at radius 1 is 1.06 bits per heavy atom. The Hall–Kier alpha value is -2.31. The number of benzene rings is 1. The monoisotopic (exact) mass is 483 g/mol. The molecule has 3 heteroatoms. The Labute approximate surface area is 217 Å². The molecule has 5 atom stereocenters. The van der Waals surface area contributed by atoms with Crippen LogP contribution in [0.15, 0.2) is 47.1 Å². The highest BCUT2D eigenvalue weighted by atomic mass is 16.3. The van der Waals surface area contributed by atoms with Crippen molar-refractivity contribution in [2.24, 2.45) is 22.7 Å². The Morgan fingerprint density at radius 3 is 2.47 bits per heavy atom. The third kappa shape index (κ3) is 3.79. The van der Waals surface area contributed by atoms with Crippen LogP contribution in [-0.4, -0.2) is 29.6 Å². The SMILES string of the molecule is CC(C)(C)C#C[C@]1(O)CC[C@H]2[C@@H]3CCC4=CC(=O)CCC4=C3[C@@H](c3ccc(N4CCC4)cc3)C[C@@]21C. The average Bonchev–Trinajstić information content (AvgIpc) is 3.07. The zero-order chi connectivity index (χ0) is 25.3. The lowest BCUT2D eigenvalue weighted by Crippen LogP contribution is -2.51. The summed E-state index contributed by atoms with van der Waals surface area (Å²) in [5.41, 5.74) is 5.72. The number of hydrogen-bond acceptors (Lipinski definition) is 3. The van der Waals surface area contributed by atoms with Gasteiger partial charge in [-0.1, -0.05) is 36.5 Å². The van der Waals surface area contributed by atoms with Gasteiger partial charge in [0.2, 0.25) is 0 Å². The molecule has 4 aliphatic carbocycles. The molecule has 1 aromatic rings. The van der Waals surface area contributed by atoms with E-state index in [1.807, 2.05) is 6.08 Å². The van der Waals surface area contributed by atoms with E-state index in [1.54, 1.807) is 5.57 Å². The second kappa shape index (κ2) is 8.35. The first kappa shape index (κ1) is 24.1. The van der Waals surface area contributed by atoms with E-state index in [0.29, 0.717) is 18.3 Å². The normalized spacial score (nSPS) is 35.7. The van der Waals surface area contributed by atoms with Gasteiger partial charge in [0, 0.05) is 41.9 Å². The highest BCUT2D eigenvalue weighted by Crippen LogP contribution is 2.66. The molecule has 36 heavy (non-hydrogen) atoms. The number of nitrogens with zero attached hydrogens (tertiary/aromatic N) is 1. The Kier molecular flexibility index (Phi) is 5.58. The van der Waals surface area contributed by atoms with E-state index in [1.165, 1.54) is 28.8 Å². The first-order valence-corrected chi connectivity index (χ1v) is 14.2. The molecule has 3 nitrogen and oxygen atoms in total. The van der Waals surface area contributed by atoms with E-state index in [-0.39, 0.29) is 22.5 Å².